The molecule has 2 radical (unpaired) electrons. The zero-order valence-corrected chi connectivity index (χ0v) is 8.76. The summed E-state index contributed by atoms with van der Waals surface area (Å²) in [5.41, 5.74) is 0. The third-order valence-electron chi connectivity index (χ3n) is 0. The fourth-order valence-corrected chi connectivity index (χ4v) is 0. The van der Waals surface area contributed by atoms with Crippen LogP contribution >= 0.6 is 0 Å². The van der Waals surface area contributed by atoms with E-state index >= 15 is 0 Å². The zero-order valence-electron chi connectivity index (χ0n) is 3.88. The fraction of sp³-hybridized carbons (Fsp3) is 0. The maximum atomic E-state index is 0. The molecule has 40 valence electrons. The van der Waals surface area contributed by atoms with Crippen LogP contribution in [0.1, 0.15) is 1.43 Å². The molecule has 0 N–H and O–H groups in total. The Morgan fingerprint density at radius 2 is 1.17 bits per heavy atom. The number of hydrogen-bond acceptors (Lipinski definition) is 0. The maximum absolute atomic E-state index is 0. The Labute approximate surface area is 108 Å². The van der Waals surface area contributed by atoms with Crippen LogP contribution in [0.2, 0.25) is 0 Å². The predicted octanol–water partition coefficient (Wildman–Crippen LogP) is -2.90. The van der Waals surface area contributed by atoms with Gasteiger partial charge in [0.1, 0.15) is 0 Å². The van der Waals surface area contributed by atoms with Gasteiger partial charge in [0.25, 0.3) is 0 Å². The normalized spacial score (nSPS) is 0. The number of hydrogen-bond donors (Lipinski definition) is 0. The van der Waals surface area contributed by atoms with E-state index in [1.807, 2.05) is 0 Å². The smallest absolute Gasteiger partial charge is 1.00 e. The quantitative estimate of drug-likeness (QED) is 0.419. The summed E-state index contributed by atoms with van der Waals surface area (Å²) in [5.74, 6) is 0. The van der Waals surface area contributed by atoms with Crippen LogP contribution in [0.5, 0.6) is 0 Å². The van der Waals surface area contributed by atoms with Gasteiger partial charge in [-0.25, -0.2) is 0 Å². The van der Waals surface area contributed by atoms with Crippen molar-refractivity contribution in [2.45, 2.75) is 0 Å². The van der Waals surface area contributed by atoms with E-state index < -0.39 is 0 Å². The molecule has 0 aromatic rings. The molecule has 0 bridgehead atoms. The van der Waals surface area contributed by atoms with Gasteiger partial charge < -0.3 is 1.43 Å². The minimum atomic E-state index is 0. The van der Waals surface area contributed by atoms with Crippen molar-refractivity contribution in [2.24, 2.45) is 0 Å². The fourth-order valence-electron chi connectivity index (χ4n) is 0. The molecule has 6 heteroatoms. The molecule has 0 nitrogen and oxygen atoms in total. The summed E-state index contributed by atoms with van der Waals surface area (Å²) in [6.07, 6.45) is 0. The van der Waals surface area contributed by atoms with Gasteiger partial charge in [-0.1, -0.05) is 0 Å². The summed E-state index contributed by atoms with van der Waals surface area (Å²) >= 11 is 0. The molecule has 0 amide bonds. The van der Waals surface area contributed by atoms with Crippen molar-refractivity contribution in [1.82, 2.24) is 0 Å². The molecule has 0 heterocycles. The van der Waals surface area contributed by atoms with E-state index in [0.717, 1.165) is 0 Å². The third kappa shape index (κ3) is 26.4. The predicted molar refractivity (Wildman–Crippen MR) is 1.11 cm³/mol. The van der Waals surface area contributed by atoms with E-state index in [1.54, 1.807) is 0 Å². The molecule has 0 aromatic heterocycles. The molecule has 0 unspecified atom stereocenters. The molecule has 0 aromatic carbocycles. The summed E-state index contributed by atoms with van der Waals surface area (Å²) in [4.78, 5) is 0. The summed E-state index contributed by atoms with van der Waals surface area (Å²) in [5, 5.41) is 0. The summed E-state index contributed by atoms with van der Waals surface area (Å²) in [7, 11) is 0. The van der Waals surface area contributed by atoms with E-state index in [-0.39, 0.29) is 109 Å². The first-order valence-electron chi connectivity index (χ1n) is 0. The maximum Gasteiger partial charge on any atom is 1.00 e. The van der Waals surface area contributed by atoms with E-state index in [1.165, 1.54) is 0 Å². The topological polar surface area (TPSA) is 0 Å². The first kappa shape index (κ1) is 58.1. The van der Waals surface area contributed by atoms with Gasteiger partial charge in [-0.2, -0.15) is 0 Å². The molecule has 0 spiro atoms. The molecular formula is HCoFeLiMnNiTi. The number of rotatable bonds is 0. The monoisotopic (exact) mass is 284 g/mol. The van der Waals surface area contributed by atoms with Gasteiger partial charge in [0.2, 0.25) is 0 Å². The minimum Gasteiger partial charge on any atom is -1.00 e. The Balaban J connectivity index is 0. The molecule has 0 rings (SSSR count). The summed E-state index contributed by atoms with van der Waals surface area (Å²) < 4.78 is 0. The van der Waals surface area contributed by atoms with Gasteiger partial charge in [-0.3, -0.25) is 0 Å². The van der Waals surface area contributed by atoms with Gasteiger partial charge in [-0.05, 0) is 0 Å². The van der Waals surface area contributed by atoms with Crippen LogP contribution < -0.4 is 18.9 Å². The van der Waals surface area contributed by atoms with Gasteiger partial charge in [0.05, 0.1) is 0 Å². The third-order valence-corrected chi connectivity index (χ3v) is 0. The molecule has 0 aliphatic heterocycles. The molecule has 6 heavy (non-hydrogen) atoms. The van der Waals surface area contributed by atoms with Gasteiger partial charge in [0.15, 0.2) is 0 Å². The Morgan fingerprint density at radius 3 is 1.17 bits per heavy atom. The van der Waals surface area contributed by atoms with Crippen LogP contribution in [0.25, 0.3) is 0 Å². The standard InChI is InChI=1S/Co.Fe.Li.Mn.Ni.Ti.H/q;;+1;;;;-1. The molecule has 0 saturated heterocycles. The van der Waals surface area contributed by atoms with Crippen molar-refractivity contribution in [3.63, 3.8) is 0 Å². The van der Waals surface area contributed by atoms with Crippen LogP contribution in [-0.2, 0) is 89.1 Å². The second kappa shape index (κ2) is 40.2. The van der Waals surface area contributed by atoms with Crippen LogP contribution in [0, 0.1) is 0 Å². The van der Waals surface area contributed by atoms with Crippen LogP contribution in [0.15, 0.2) is 0 Å². The van der Waals surface area contributed by atoms with E-state index in [2.05, 4.69) is 0 Å². The SMILES string of the molecule is [Co].[Fe].[H-].[Li+].[Mn].[Ni].[Ti]. The van der Waals surface area contributed by atoms with E-state index in [9.17, 15) is 0 Å². The second-order valence-electron chi connectivity index (χ2n) is 0. The van der Waals surface area contributed by atoms with Crippen LogP contribution in [0.4, 0.5) is 0 Å². The zero-order chi connectivity index (χ0) is 0. The Morgan fingerprint density at radius 1 is 1.17 bits per heavy atom. The molecule has 0 fully saturated rings. The average Bonchev–Trinajstić information content (AvgIpc) is 0. The van der Waals surface area contributed by atoms with Crippen LogP contribution in [-0.4, -0.2) is 0 Å². The largest absolute Gasteiger partial charge is 1.00 e. The van der Waals surface area contributed by atoms with Crippen molar-refractivity contribution >= 4 is 0 Å². The van der Waals surface area contributed by atoms with Crippen molar-refractivity contribution in [3.05, 3.63) is 0 Å². The molecule has 0 atom stereocenters. The summed E-state index contributed by atoms with van der Waals surface area (Å²) in [6, 6.07) is 0. The van der Waals surface area contributed by atoms with Gasteiger partial charge >= 0.3 is 18.9 Å². The summed E-state index contributed by atoms with van der Waals surface area (Å²) in [6.45, 7) is 0. The van der Waals surface area contributed by atoms with Crippen molar-refractivity contribution in [3.8, 4) is 0 Å². The Hall–Kier alpha value is 3.35. The minimum absolute atomic E-state index is 0. The van der Waals surface area contributed by atoms with Gasteiger partial charge in [-0.15, -0.1) is 0 Å². The first-order valence-corrected chi connectivity index (χ1v) is 0. The van der Waals surface area contributed by atoms with Gasteiger partial charge in [0, 0.05) is 89.1 Å². The first-order chi connectivity index (χ1) is 0. The van der Waals surface area contributed by atoms with Crippen LogP contribution in [0.3, 0.4) is 0 Å². The Kier molecular flexibility index (Phi) is 389. The molecule has 0 aliphatic carbocycles. The second-order valence-corrected chi connectivity index (χ2v) is 0. The molecule has 0 aliphatic rings. The van der Waals surface area contributed by atoms with Crippen molar-refractivity contribution < 1.29 is 109 Å². The van der Waals surface area contributed by atoms with Crippen molar-refractivity contribution in [1.29, 1.82) is 0 Å². The van der Waals surface area contributed by atoms with Crippen molar-refractivity contribution in [2.75, 3.05) is 0 Å². The average molecular weight is 284 g/mol. The Bertz CT molecular complexity index is 19.7. The molecule has 0 saturated carbocycles. The molecular weight excluding hydrogens is 283 g/mol. The van der Waals surface area contributed by atoms with E-state index in [4.69, 9.17) is 0 Å². The van der Waals surface area contributed by atoms with E-state index in [0.29, 0.717) is 0 Å².